The summed E-state index contributed by atoms with van der Waals surface area (Å²) in [6.07, 6.45) is 11.5. The van der Waals surface area contributed by atoms with E-state index in [2.05, 4.69) is 17.1 Å². The Labute approximate surface area is 99.8 Å². The average molecular weight is 222 g/mol. The molecule has 0 bridgehead atoms. The van der Waals surface area contributed by atoms with Crippen LogP contribution in [0.5, 0.6) is 0 Å². The van der Waals surface area contributed by atoms with Gasteiger partial charge in [-0.1, -0.05) is 19.3 Å². The second-order valence-corrected chi connectivity index (χ2v) is 6.54. The Morgan fingerprint density at radius 2 is 1.69 bits per heavy atom. The van der Waals surface area contributed by atoms with Crippen LogP contribution in [0.3, 0.4) is 0 Å². The topological polar surface area (TPSA) is 15.3 Å². The van der Waals surface area contributed by atoms with Crippen LogP contribution >= 0.6 is 0 Å². The van der Waals surface area contributed by atoms with E-state index in [1.165, 1.54) is 71.0 Å². The molecule has 1 saturated heterocycles. The van der Waals surface area contributed by atoms with E-state index in [1.54, 1.807) is 0 Å². The lowest BCUT2D eigenvalue weighted by atomic mass is 9.73. The molecule has 0 amide bonds. The molecule has 3 fully saturated rings. The lowest BCUT2D eigenvalue weighted by molar-refractivity contribution is -0.0213. The molecule has 1 spiro atoms. The van der Waals surface area contributed by atoms with Crippen molar-refractivity contribution in [2.24, 2.45) is 0 Å². The third-order valence-electron chi connectivity index (χ3n) is 5.38. The van der Waals surface area contributed by atoms with Crippen molar-refractivity contribution < 1.29 is 0 Å². The fourth-order valence-corrected chi connectivity index (χ4v) is 3.99. The highest BCUT2D eigenvalue weighted by Gasteiger charge is 2.44. The van der Waals surface area contributed by atoms with Crippen LogP contribution in [0.4, 0.5) is 0 Å². The molecule has 1 aliphatic heterocycles. The number of rotatable bonds is 1. The summed E-state index contributed by atoms with van der Waals surface area (Å²) in [5, 5.41) is 3.84. The molecule has 0 radical (unpaired) electrons. The maximum atomic E-state index is 3.84. The molecule has 3 rings (SSSR count). The predicted molar refractivity (Wildman–Crippen MR) is 67.6 cm³/mol. The Morgan fingerprint density at radius 3 is 2.31 bits per heavy atom. The minimum Gasteiger partial charge on any atom is -0.309 e. The number of hydrogen-bond donors (Lipinski definition) is 1. The molecule has 0 unspecified atom stereocenters. The molecule has 2 aliphatic carbocycles. The number of nitrogens with zero attached hydrogens (tertiary/aromatic N) is 1. The Morgan fingerprint density at radius 1 is 0.938 bits per heavy atom. The first-order valence-electron chi connectivity index (χ1n) is 7.23. The lowest BCUT2D eigenvalue weighted by Crippen LogP contribution is -2.67. The monoisotopic (exact) mass is 222 g/mol. The number of piperazine rings is 1. The quantitative estimate of drug-likeness (QED) is 0.733. The van der Waals surface area contributed by atoms with Gasteiger partial charge in [0, 0.05) is 30.7 Å². The summed E-state index contributed by atoms with van der Waals surface area (Å²) >= 11 is 0. The van der Waals surface area contributed by atoms with Gasteiger partial charge in [0.2, 0.25) is 0 Å². The minimum atomic E-state index is 0.495. The summed E-state index contributed by atoms with van der Waals surface area (Å²) in [6, 6.07) is 0. The lowest BCUT2D eigenvalue weighted by Gasteiger charge is -2.55. The number of hydrogen-bond acceptors (Lipinski definition) is 2. The van der Waals surface area contributed by atoms with Gasteiger partial charge in [0.25, 0.3) is 0 Å². The zero-order valence-electron chi connectivity index (χ0n) is 10.7. The van der Waals surface area contributed by atoms with E-state index >= 15 is 0 Å². The molecular formula is C14H26N2. The van der Waals surface area contributed by atoms with E-state index < -0.39 is 0 Å². The largest absolute Gasteiger partial charge is 0.309 e. The van der Waals surface area contributed by atoms with Crippen LogP contribution in [0.2, 0.25) is 0 Å². The van der Waals surface area contributed by atoms with Gasteiger partial charge in [0.15, 0.2) is 0 Å². The second kappa shape index (κ2) is 3.99. The standard InChI is InChI=1S/C14H26N2/c1-13(6-5-7-13)16-11-10-15-14(12-16)8-3-2-4-9-14/h15H,2-12H2,1H3. The summed E-state index contributed by atoms with van der Waals surface area (Å²) < 4.78 is 0. The first-order chi connectivity index (χ1) is 7.73. The molecule has 0 aromatic heterocycles. The van der Waals surface area contributed by atoms with Gasteiger partial charge in [-0.05, 0) is 39.0 Å². The van der Waals surface area contributed by atoms with Gasteiger partial charge in [-0.3, -0.25) is 4.90 Å². The highest BCUT2D eigenvalue weighted by Crippen LogP contribution is 2.40. The molecule has 16 heavy (non-hydrogen) atoms. The molecule has 92 valence electrons. The summed E-state index contributed by atoms with van der Waals surface area (Å²) in [7, 11) is 0. The minimum absolute atomic E-state index is 0.495. The van der Waals surface area contributed by atoms with Crippen LogP contribution in [-0.4, -0.2) is 35.6 Å². The zero-order valence-corrected chi connectivity index (χ0v) is 10.7. The predicted octanol–water partition coefficient (Wildman–Crippen LogP) is 2.54. The summed E-state index contributed by atoms with van der Waals surface area (Å²) in [5.74, 6) is 0. The van der Waals surface area contributed by atoms with Crippen LogP contribution in [0, 0.1) is 0 Å². The Hall–Kier alpha value is -0.0800. The fraction of sp³-hybridized carbons (Fsp3) is 1.00. The Kier molecular flexibility index (Phi) is 2.75. The second-order valence-electron chi connectivity index (χ2n) is 6.54. The van der Waals surface area contributed by atoms with Crippen molar-refractivity contribution >= 4 is 0 Å². The Bertz CT molecular complexity index is 246. The number of nitrogens with one attached hydrogen (secondary N) is 1. The average Bonchev–Trinajstić information content (AvgIpc) is 2.27. The summed E-state index contributed by atoms with van der Waals surface area (Å²) in [5.41, 5.74) is 1.06. The maximum Gasteiger partial charge on any atom is 0.0309 e. The highest BCUT2D eigenvalue weighted by atomic mass is 15.3. The van der Waals surface area contributed by atoms with Crippen molar-refractivity contribution in [1.29, 1.82) is 0 Å². The SMILES string of the molecule is CC1(N2CCNC3(CCCCC3)C2)CCC1. The van der Waals surface area contributed by atoms with Gasteiger partial charge in [-0.25, -0.2) is 0 Å². The molecule has 2 saturated carbocycles. The zero-order chi connectivity index (χ0) is 11.1. The normalized spacial score (nSPS) is 33.6. The molecule has 0 aromatic rings. The van der Waals surface area contributed by atoms with Crippen LogP contribution in [0.1, 0.15) is 58.3 Å². The summed E-state index contributed by atoms with van der Waals surface area (Å²) in [4.78, 5) is 2.80. The van der Waals surface area contributed by atoms with Gasteiger partial charge >= 0.3 is 0 Å². The van der Waals surface area contributed by atoms with E-state index in [0.29, 0.717) is 11.1 Å². The maximum absolute atomic E-state index is 3.84. The van der Waals surface area contributed by atoms with Crippen molar-refractivity contribution in [3.05, 3.63) is 0 Å². The molecule has 2 nitrogen and oxygen atoms in total. The van der Waals surface area contributed by atoms with Crippen molar-refractivity contribution in [2.45, 2.75) is 69.4 Å². The van der Waals surface area contributed by atoms with Gasteiger partial charge in [0.1, 0.15) is 0 Å². The van der Waals surface area contributed by atoms with E-state index in [1.807, 2.05) is 0 Å². The van der Waals surface area contributed by atoms with E-state index in [-0.39, 0.29) is 0 Å². The first kappa shape index (κ1) is 11.0. The van der Waals surface area contributed by atoms with E-state index in [4.69, 9.17) is 0 Å². The molecule has 1 heterocycles. The molecule has 1 N–H and O–H groups in total. The van der Waals surface area contributed by atoms with E-state index in [0.717, 1.165) is 0 Å². The first-order valence-corrected chi connectivity index (χ1v) is 7.23. The van der Waals surface area contributed by atoms with Crippen molar-refractivity contribution in [2.75, 3.05) is 19.6 Å². The highest BCUT2D eigenvalue weighted by molar-refractivity contribution is 5.03. The van der Waals surface area contributed by atoms with E-state index in [9.17, 15) is 0 Å². The van der Waals surface area contributed by atoms with Crippen molar-refractivity contribution in [3.63, 3.8) is 0 Å². The third kappa shape index (κ3) is 1.80. The van der Waals surface area contributed by atoms with Crippen LogP contribution in [0.15, 0.2) is 0 Å². The van der Waals surface area contributed by atoms with Gasteiger partial charge in [-0.2, -0.15) is 0 Å². The molecular weight excluding hydrogens is 196 g/mol. The summed E-state index contributed by atoms with van der Waals surface area (Å²) in [6.45, 7) is 6.30. The van der Waals surface area contributed by atoms with Crippen LogP contribution in [0.25, 0.3) is 0 Å². The van der Waals surface area contributed by atoms with Crippen LogP contribution in [-0.2, 0) is 0 Å². The van der Waals surface area contributed by atoms with Gasteiger partial charge in [0.05, 0.1) is 0 Å². The smallest absolute Gasteiger partial charge is 0.0309 e. The van der Waals surface area contributed by atoms with Crippen molar-refractivity contribution in [3.8, 4) is 0 Å². The molecule has 0 atom stereocenters. The molecule has 2 heteroatoms. The van der Waals surface area contributed by atoms with Gasteiger partial charge in [-0.15, -0.1) is 0 Å². The van der Waals surface area contributed by atoms with Crippen LogP contribution < -0.4 is 5.32 Å². The molecule has 0 aromatic carbocycles. The third-order valence-corrected chi connectivity index (χ3v) is 5.38. The Balaban J connectivity index is 1.69. The fourth-order valence-electron chi connectivity index (χ4n) is 3.99. The van der Waals surface area contributed by atoms with Crippen molar-refractivity contribution in [1.82, 2.24) is 10.2 Å². The molecule has 3 aliphatic rings. The van der Waals surface area contributed by atoms with Gasteiger partial charge < -0.3 is 5.32 Å².